The van der Waals surface area contributed by atoms with Crippen molar-refractivity contribution in [1.29, 1.82) is 0 Å². The number of halogens is 2. The molecule has 0 N–H and O–H groups in total. The minimum absolute atomic E-state index is 0. The van der Waals surface area contributed by atoms with Gasteiger partial charge in [0.2, 0.25) is 0 Å². The van der Waals surface area contributed by atoms with Gasteiger partial charge >= 0.3 is 92.8 Å². The average Bonchev–Trinajstić information content (AvgIpc) is 2.60. The Morgan fingerprint density at radius 1 is 1.38 bits per heavy atom. The molecular weight excluding hydrogens is 408 g/mol. The van der Waals surface area contributed by atoms with E-state index in [1.165, 1.54) is 6.42 Å². The van der Waals surface area contributed by atoms with Crippen LogP contribution >= 0.6 is 0 Å². The van der Waals surface area contributed by atoms with Crippen molar-refractivity contribution in [1.82, 2.24) is 0 Å². The van der Waals surface area contributed by atoms with Gasteiger partial charge in [-0.05, 0) is 0 Å². The predicted molar refractivity (Wildman–Crippen MR) is 48.9 cm³/mol. The Hall–Kier alpha value is 1.67. The molecule has 1 aliphatic heterocycles. The van der Waals surface area contributed by atoms with Crippen LogP contribution in [0.4, 0.5) is 0 Å². The van der Waals surface area contributed by atoms with Crippen LogP contribution in [0.5, 0.6) is 0 Å². The summed E-state index contributed by atoms with van der Waals surface area (Å²) in [5, 5.41) is 0. The molecule has 1 aliphatic carbocycles. The largest absolute Gasteiger partial charge is 1.00 e. The predicted octanol–water partition coefficient (Wildman–Crippen LogP) is -5.37. The van der Waals surface area contributed by atoms with Crippen LogP contribution in [-0.4, -0.2) is 31.9 Å². The topological polar surface area (TPSA) is 0 Å². The third-order valence-electron chi connectivity index (χ3n) is 1.55. The quantitative estimate of drug-likeness (QED) is 0.395. The van der Waals surface area contributed by atoms with Gasteiger partial charge in [0, 0.05) is 0 Å². The number of rotatable bonds is 2. The van der Waals surface area contributed by atoms with Gasteiger partial charge in [-0.15, -0.1) is 0 Å². The molecule has 0 nitrogen and oxygen atoms in total. The molecule has 0 saturated carbocycles. The van der Waals surface area contributed by atoms with E-state index in [1.807, 2.05) is 3.28 Å². The number of hydrogen-bond acceptors (Lipinski definition) is 0. The Balaban J connectivity index is 0.000000720. The molecule has 0 bridgehead atoms. The Morgan fingerprint density at radius 3 is 2.77 bits per heavy atom. The van der Waals surface area contributed by atoms with E-state index >= 15 is 0 Å². The third kappa shape index (κ3) is 4.81. The smallest absolute Gasteiger partial charge is 1.00 e. The van der Waals surface area contributed by atoms with E-state index in [1.54, 1.807) is 0 Å². The van der Waals surface area contributed by atoms with E-state index < -0.39 is 0 Å². The Morgan fingerprint density at radius 2 is 2.23 bits per heavy atom. The van der Waals surface area contributed by atoms with Crippen molar-refractivity contribution in [2.24, 2.45) is 0 Å². The van der Waals surface area contributed by atoms with E-state index in [9.17, 15) is 0 Å². The molecule has 13 heavy (non-hydrogen) atoms. The maximum absolute atomic E-state index is 2.49. The van der Waals surface area contributed by atoms with Gasteiger partial charge in [-0.2, -0.15) is 0 Å². The Labute approximate surface area is 116 Å². The summed E-state index contributed by atoms with van der Waals surface area (Å²) in [7, 11) is 0. The summed E-state index contributed by atoms with van der Waals surface area (Å²) in [6, 6.07) is 0. The Kier molecular flexibility index (Phi) is 8.91. The first-order valence-electron chi connectivity index (χ1n) is 3.57. The van der Waals surface area contributed by atoms with E-state index in [2.05, 4.69) is 28.8 Å². The van der Waals surface area contributed by atoms with Crippen LogP contribution < -0.4 is 24.8 Å². The molecule has 68 valence electrons. The summed E-state index contributed by atoms with van der Waals surface area (Å²) in [5.41, 5.74) is 0. The molecule has 0 aromatic carbocycles. The van der Waals surface area contributed by atoms with E-state index in [0.29, 0.717) is 31.1 Å². The first-order valence-corrected chi connectivity index (χ1v) is 10.3. The number of hydrogen-bond donors (Lipinski definition) is 0. The van der Waals surface area contributed by atoms with Gasteiger partial charge in [-0.3, -0.25) is 0 Å². The minimum Gasteiger partial charge on any atom is -1.00 e. The van der Waals surface area contributed by atoms with Crippen LogP contribution in [0.2, 0.25) is 0 Å². The van der Waals surface area contributed by atoms with Gasteiger partial charge in [0.1, 0.15) is 0 Å². The minimum atomic E-state index is -0.159. The van der Waals surface area contributed by atoms with Gasteiger partial charge in [-0.25, -0.2) is 0 Å². The van der Waals surface area contributed by atoms with Crippen LogP contribution in [0.15, 0.2) is 31.2 Å². The zero-order valence-corrected chi connectivity index (χ0v) is 14.7. The molecule has 0 aromatic heterocycles. The molecule has 2 rings (SSSR count). The van der Waals surface area contributed by atoms with Crippen molar-refractivity contribution in [2.45, 2.75) is 6.42 Å². The second-order valence-corrected chi connectivity index (χ2v) is 17.0. The first kappa shape index (κ1) is 14.7. The molecule has 0 saturated heterocycles. The molecule has 1 atom stereocenters. The molecule has 0 amide bonds. The van der Waals surface area contributed by atoms with Crippen LogP contribution in [0, 0.1) is 0 Å². The molecule has 5 heteroatoms. The maximum atomic E-state index is 2.49. The van der Waals surface area contributed by atoms with Crippen LogP contribution in [0.25, 0.3) is 0 Å². The molecule has 1 heterocycles. The maximum Gasteiger partial charge on any atom is -1.00 e. The van der Waals surface area contributed by atoms with Gasteiger partial charge in [0.25, 0.3) is 0 Å². The van der Waals surface area contributed by atoms with Crippen LogP contribution in [0.3, 0.4) is 0 Å². The fraction of sp³-hybridized carbons (Fsp3) is 0.125. The van der Waals surface area contributed by atoms with Gasteiger partial charge in [-0.1, -0.05) is 0 Å². The fourth-order valence-electron chi connectivity index (χ4n) is 1.03. The van der Waals surface area contributed by atoms with E-state index in [-0.39, 0.29) is 48.0 Å². The SMILES string of the molecule is C1=CC[C]([Zr+2][C]2=[As]C=C[AsH]2)=C1.[Cl-].[Cl-]. The molecule has 0 radical (unpaired) electrons. The normalized spacial score (nSPS) is 20.0. The Bertz CT molecular complexity index is 254. The molecule has 0 spiro atoms. The van der Waals surface area contributed by atoms with Gasteiger partial charge in [0.15, 0.2) is 0 Å². The van der Waals surface area contributed by atoms with Crippen molar-refractivity contribution in [3.8, 4) is 0 Å². The van der Waals surface area contributed by atoms with E-state index in [0.717, 1.165) is 0 Å². The molecule has 0 aromatic rings. The summed E-state index contributed by atoms with van der Waals surface area (Å²) in [4.78, 5) is 4.95. The van der Waals surface area contributed by atoms with Crippen LogP contribution in [-0.2, 0) is 23.2 Å². The van der Waals surface area contributed by atoms with Crippen molar-refractivity contribution in [3.05, 3.63) is 31.2 Å². The van der Waals surface area contributed by atoms with Crippen LogP contribution in [0.1, 0.15) is 6.42 Å². The van der Waals surface area contributed by atoms with Gasteiger partial charge in [0.05, 0.1) is 0 Å². The summed E-state index contributed by atoms with van der Waals surface area (Å²) in [5.74, 6) is 0. The summed E-state index contributed by atoms with van der Waals surface area (Å²) in [6.07, 6.45) is 8.19. The van der Waals surface area contributed by atoms with Crippen molar-refractivity contribution >= 4 is 31.9 Å². The second-order valence-electron chi connectivity index (χ2n) is 2.39. The molecular formula is C8H8As2Cl2Zr. The summed E-state index contributed by atoms with van der Waals surface area (Å²) < 4.78 is 3.88. The standard InChI is InChI=1S/C5H5.C3H3As2.2ClH.Zr/c1-2-4-5-3-1;1-2-5-3-4-1;;;/h1-3H,4H2;1-2,4H;2*1H;/q;;;;+2/p-2. The average molecular weight is 416 g/mol. The van der Waals surface area contributed by atoms with E-state index in [4.69, 9.17) is 0 Å². The zero-order valence-electron chi connectivity index (χ0n) is 6.80. The third-order valence-corrected chi connectivity index (χ3v) is 16.8. The molecule has 0 fully saturated rings. The second kappa shape index (κ2) is 7.90. The van der Waals surface area contributed by atoms with Crippen molar-refractivity contribution in [2.75, 3.05) is 0 Å². The zero-order chi connectivity index (χ0) is 7.52. The fourth-order valence-corrected chi connectivity index (χ4v) is 15.8. The van der Waals surface area contributed by atoms with Crippen molar-refractivity contribution < 1.29 is 48.0 Å². The molecule has 2 aliphatic rings. The van der Waals surface area contributed by atoms with Crippen molar-refractivity contribution in [3.63, 3.8) is 0 Å². The van der Waals surface area contributed by atoms with Gasteiger partial charge < -0.3 is 24.8 Å². The first-order chi connectivity index (χ1) is 5.45. The summed E-state index contributed by atoms with van der Waals surface area (Å²) in [6.45, 7) is 0. The molecule has 1 unspecified atom stereocenters. The number of allylic oxidation sites excluding steroid dienone is 4. The monoisotopic (exact) mass is 414 g/mol. The summed E-state index contributed by atoms with van der Waals surface area (Å²) >= 11 is 0.751.